The van der Waals surface area contributed by atoms with Crippen LogP contribution in [0.5, 0.6) is 0 Å². The van der Waals surface area contributed by atoms with Gasteiger partial charge >= 0.3 is 0 Å². The molecule has 36 heavy (non-hydrogen) atoms. The molecular weight excluding hydrogens is 506 g/mol. The summed E-state index contributed by atoms with van der Waals surface area (Å²) in [6.07, 6.45) is 3.37. The second-order valence-electron chi connectivity index (χ2n) is 8.53. The molecule has 3 aromatic heterocycles. The first-order valence-electron chi connectivity index (χ1n) is 10.9. The van der Waals surface area contributed by atoms with Crippen molar-refractivity contribution in [3.05, 3.63) is 68.7 Å². The molecule has 1 amide bonds. The molecule has 0 unspecified atom stereocenters. The van der Waals surface area contributed by atoms with E-state index in [-0.39, 0.29) is 16.3 Å². The van der Waals surface area contributed by atoms with Crippen LogP contribution in [0.1, 0.15) is 36.6 Å². The smallest absolute Gasteiger partial charge is 0.283 e. The highest BCUT2D eigenvalue weighted by atomic mass is 35.5. The predicted octanol–water partition coefficient (Wildman–Crippen LogP) is 3.86. The number of amides is 1. The van der Waals surface area contributed by atoms with Crippen LogP contribution in [0.3, 0.4) is 0 Å². The molecule has 0 saturated heterocycles. The van der Waals surface area contributed by atoms with E-state index in [1.54, 1.807) is 44.0 Å². The highest BCUT2D eigenvalue weighted by Gasteiger charge is 2.25. The maximum absolute atomic E-state index is 13.3. The van der Waals surface area contributed by atoms with Crippen molar-refractivity contribution in [3.8, 4) is 11.3 Å². The number of aromatic nitrogens is 3. The van der Waals surface area contributed by atoms with E-state index < -0.39 is 27.0 Å². The van der Waals surface area contributed by atoms with Crippen LogP contribution >= 0.6 is 11.6 Å². The number of fused-ring (bicyclic) bond motifs is 1. The fraction of sp³-hybridized carbons (Fsp3) is 0.250. The Morgan fingerprint density at radius 3 is 2.58 bits per heavy atom. The summed E-state index contributed by atoms with van der Waals surface area (Å²) in [5.41, 5.74) is 2.89. The number of carbonyl (C=O) groups excluding carboxylic acids is 1. The number of hydrogen-bond acceptors (Lipinski definition) is 8. The van der Waals surface area contributed by atoms with E-state index in [0.717, 1.165) is 12.5 Å². The second-order valence-corrected chi connectivity index (χ2v) is 10.5. The third-order valence-electron chi connectivity index (χ3n) is 5.56. The molecule has 0 fully saturated rings. The molecule has 0 bridgehead atoms. The van der Waals surface area contributed by atoms with E-state index >= 15 is 0 Å². The van der Waals surface area contributed by atoms with Gasteiger partial charge in [0.2, 0.25) is 10.9 Å². The van der Waals surface area contributed by atoms with Crippen molar-refractivity contribution in [2.45, 2.75) is 38.8 Å². The molecule has 0 radical (unpaired) electrons. The van der Waals surface area contributed by atoms with E-state index in [2.05, 4.69) is 15.4 Å². The molecule has 4 aromatic rings. The molecule has 0 aliphatic rings. The van der Waals surface area contributed by atoms with Gasteiger partial charge in [-0.25, -0.2) is 9.71 Å². The summed E-state index contributed by atoms with van der Waals surface area (Å²) < 4.78 is 35.2. The minimum absolute atomic E-state index is 0.0549. The summed E-state index contributed by atoms with van der Waals surface area (Å²) in [5, 5.41) is 7.21. The van der Waals surface area contributed by atoms with Crippen LogP contribution in [-0.2, 0) is 21.9 Å². The van der Waals surface area contributed by atoms with Crippen LogP contribution in [0.15, 0.2) is 50.9 Å². The lowest BCUT2D eigenvalue weighted by Crippen LogP contribution is -2.29. The first-order chi connectivity index (χ1) is 16.9. The number of anilines is 1. The van der Waals surface area contributed by atoms with Crippen LogP contribution in [-0.4, -0.2) is 29.1 Å². The van der Waals surface area contributed by atoms with Gasteiger partial charge in [-0.2, -0.15) is 13.5 Å². The lowest BCUT2D eigenvalue weighted by atomic mass is 9.99. The molecule has 12 heteroatoms. The Labute approximate surface area is 212 Å². The summed E-state index contributed by atoms with van der Waals surface area (Å²) in [4.78, 5) is 28.7. The molecule has 2 N–H and O–H groups in total. The largest absolute Gasteiger partial charge is 0.455 e. The zero-order valence-electron chi connectivity index (χ0n) is 20.2. The number of nitrogens with zero attached hydrogens (tertiary/aromatic N) is 3. The lowest BCUT2D eigenvalue weighted by Gasteiger charge is -2.20. The molecule has 188 valence electrons. The van der Waals surface area contributed by atoms with Gasteiger partial charge in [-0.05, 0) is 44.5 Å². The minimum Gasteiger partial charge on any atom is -0.455 e. The summed E-state index contributed by atoms with van der Waals surface area (Å²) >= 11 is 5.95. The van der Waals surface area contributed by atoms with E-state index in [1.165, 1.54) is 12.1 Å². The number of nitrogens with one attached hydrogen (secondary N) is 2. The Balaban J connectivity index is 1.86. The molecule has 1 atom stereocenters. The van der Waals surface area contributed by atoms with Gasteiger partial charge in [0.05, 0.1) is 28.9 Å². The van der Waals surface area contributed by atoms with Crippen LogP contribution in [0, 0.1) is 13.8 Å². The molecule has 10 nitrogen and oxygen atoms in total. The maximum atomic E-state index is 13.3. The lowest BCUT2D eigenvalue weighted by molar-refractivity contribution is -0.117. The first-order valence-corrected chi connectivity index (χ1v) is 12.8. The van der Waals surface area contributed by atoms with Crippen LogP contribution in [0.25, 0.3) is 22.3 Å². The molecule has 4 rings (SSSR count). The topological polar surface area (TPSA) is 136 Å². The van der Waals surface area contributed by atoms with Gasteiger partial charge in [0.15, 0.2) is 5.43 Å². The van der Waals surface area contributed by atoms with Gasteiger partial charge in [0.1, 0.15) is 16.5 Å². The standard InChI is InChI=1S/C24H24ClN5O5S/c1-12-8-17(14(3)27-19-6-7-20(25)28-24(19)36(33,34)29-15(4)31)23-18(9-12)21(32)13(2)22(35-23)16-10-26-30(5)11-16/h6-11,14,27H,1-5H3,(H,29,31)/t14-/m1/s1. The third kappa shape index (κ3) is 4.84. The number of hydrogen-bond donors (Lipinski definition) is 2. The van der Waals surface area contributed by atoms with Gasteiger partial charge in [-0.3, -0.25) is 14.3 Å². The average molecular weight is 530 g/mol. The summed E-state index contributed by atoms with van der Waals surface area (Å²) in [6.45, 7) is 6.44. The van der Waals surface area contributed by atoms with Crippen molar-refractivity contribution in [2.24, 2.45) is 7.05 Å². The highest BCUT2D eigenvalue weighted by Crippen LogP contribution is 2.33. The number of sulfonamides is 1. The van der Waals surface area contributed by atoms with Gasteiger partial charge in [-0.1, -0.05) is 17.7 Å². The fourth-order valence-electron chi connectivity index (χ4n) is 3.98. The number of pyridine rings is 1. The average Bonchev–Trinajstić information content (AvgIpc) is 3.22. The summed E-state index contributed by atoms with van der Waals surface area (Å²) in [5.74, 6) is -0.361. The van der Waals surface area contributed by atoms with E-state index in [9.17, 15) is 18.0 Å². The van der Waals surface area contributed by atoms with Crippen molar-refractivity contribution < 1.29 is 17.6 Å². The Morgan fingerprint density at radius 2 is 1.94 bits per heavy atom. The minimum atomic E-state index is -4.28. The summed E-state index contributed by atoms with van der Waals surface area (Å²) in [7, 11) is -2.51. The monoisotopic (exact) mass is 529 g/mol. The van der Waals surface area contributed by atoms with Crippen LogP contribution in [0.2, 0.25) is 5.15 Å². The fourth-order valence-corrected chi connectivity index (χ4v) is 5.29. The highest BCUT2D eigenvalue weighted by molar-refractivity contribution is 7.90. The number of carbonyl (C=O) groups is 1. The molecule has 0 aliphatic heterocycles. The van der Waals surface area contributed by atoms with E-state index in [0.29, 0.717) is 33.4 Å². The Kier molecular flexibility index (Phi) is 6.63. The van der Waals surface area contributed by atoms with E-state index in [1.807, 2.05) is 17.7 Å². The van der Waals surface area contributed by atoms with Crippen molar-refractivity contribution in [2.75, 3.05) is 5.32 Å². The number of rotatable bonds is 6. The normalized spacial score (nSPS) is 12.5. The van der Waals surface area contributed by atoms with Crippen molar-refractivity contribution in [1.29, 1.82) is 0 Å². The van der Waals surface area contributed by atoms with Gasteiger partial charge in [-0.15, -0.1) is 0 Å². The van der Waals surface area contributed by atoms with Crippen LogP contribution in [0.4, 0.5) is 5.69 Å². The van der Waals surface area contributed by atoms with Gasteiger partial charge in [0, 0.05) is 31.3 Å². The van der Waals surface area contributed by atoms with Gasteiger partial charge < -0.3 is 9.73 Å². The van der Waals surface area contributed by atoms with Crippen LogP contribution < -0.4 is 15.5 Å². The Bertz CT molecular complexity index is 1680. The quantitative estimate of drug-likeness (QED) is 0.359. The molecule has 0 saturated carbocycles. The molecule has 1 aromatic carbocycles. The second kappa shape index (κ2) is 9.40. The zero-order chi connectivity index (χ0) is 26.4. The first kappa shape index (κ1) is 25.4. The third-order valence-corrected chi connectivity index (χ3v) is 7.14. The summed E-state index contributed by atoms with van der Waals surface area (Å²) in [6, 6.07) is 5.97. The number of benzene rings is 1. The van der Waals surface area contributed by atoms with Crippen molar-refractivity contribution in [3.63, 3.8) is 0 Å². The number of aryl methyl sites for hydroxylation is 2. The predicted molar refractivity (Wildman–Crippen MR) is 136 cm³/mol. The molecule has 3 heterocycles. The maximum Gasteiger partial charge on any atom is 0.283 e. The van der Waals surface area contributed by atoms with Crippen molar-refractivity contribution >= 4 is 44.2 Å². The Morgan fingerprint density at radius 1 is 1.22 bits per heavy atom. The molecular formula is C24H24ClN5O5S. The molecule has 0 aliphatic carbocycles. The van der Waals surface area contributed by atoms with E-state index in [4.69, 9.17) is 16.0 Å². The van der Waals surface area contributed by atoms with Crippen molar-refractivity contribution in [1.82, 2.24) is 19.5 Å². The zero-order valence-corrected chi connectivity index (χ0v) is 21.8. The number of halogens is 1. The SMILES string of the molecule is CC(=O)NS(=O)(=O)c1nc(Cl)ccc1N[C@H](C)c1cc(C)cc2c(=O)c(C)c(-c3cnn(C)c3)oc12. The van der Waals surface area contributed by atoms with Gasteiger partial charge in [0.25, 0.3) is 10.0 Å². The molecule has 0 spiro atoms. The Hall–Kier alpha value is -3.70.